The first-order chi connectivity index (χ1) is 10.1. The Morgan fingerprint density at radius 2 is 2.10 bits per heavy atom. The number of ether oxygens (including phenoxy) is 2. The number of rotatable bonds is 9. The lowest BCUT2D eigenvalue weighted by molar-refractivity contribution is -0.121. The maximum Gasteiger partial charge on any atom is 0.221 e. The van der Waals surface area contributed by atoms with E-state index in [9.17, 15) is 4.79 Å². The van der Waals surface area contributed by atoms with Crippen molar-refractivity contribution in [1.82, 2.24) is 10.6 Å². The van der Waals surface area contributed by atoms with Crippen LogP contribution in [0.5, 0.6) is 11.5 Å². The van der Waals surface area contributed by atoms with Gasteiger partial charge in [-0.15, -0.1) is 0 Å². The predicted molar refractivity (Wildman–Crippen MR) is 83.8 cm³/mol. The van der Waals surface area contributed by atoms with Crippen LogP contribution in [0.1, 0.15) is 32.8 Å². The van der Waals surface area contributed by atoms with E-state index in [0.29, 0.717) is 26.1 Å². The number of carbonyl (C=O) groups is 1. The Hall–Kier alpha value is -1.75. The Balaban J connectivity index is 2.48. The molecule has 1 aromatic carbocycles. The largest absolute Gasteiger partial charge is 0.493 e. The fourth-order valence-electron chi connectivity index (χ4n) is 2.02. The van der Waals surface area contributed by atoms with Gasteiger partial charge in [0.05, 0.1) is 13.7 Å². The molecule has 0 atom stereocenters. The minimum Gasteiger partial charge on any atom is -0.493 e. The highest BCUT2D eigenvalue weighted by atomic mass is 16.5. The molecule has 0 fully saturated rings. The van der Waals surface area contributed by atoms with Crippen molar-refractivity contribution in [2.45, 2.75) is 39.8 Å². The number of para-hydroxylation sites is 1. The van der Waals surface area contributed by atoms with Crippen LogP contribution in [0.2, 0.25) is 0 Å². The molecule has 1 aromatic rings. The summed E-state index contributed by atoms with van der Waals surface area (Å²) in [5, 5.41) is 6.12. The molecule has 5 heteroatoms. The molecule has 21 heavy (non-hydrogen) atoms. The van der Waals surface area contributed by atoms with E-state index in [1.807, 2.05) is 39.0 Å². The molecule has 1 rings (SSSR count). The lowest BCUT2D eigenvalue weighted by Gasteiger charge is -2.14. The van der Waals surface area contributed by atoms with Gasteiger partial charge in [-0.05, 0) is 26.8 Å². The third kappa shape index (κ3) is 6.04. The van der Waals surface area contributed by atoms with Crippen molar-refractivity contribution in [2.24, 2.45) is 0 Å². The Morgan fingerprint density at radius 1 is 1.33 bits per heavy atom. The van der Waals surface area contributed by atoms with Gasteiger partial charge >= 0.3 is 0 Å². The number of amides is 1. The minimum absolute atomic E-state index is 0.0625. The molecule has 0 heterocycles. The van der Waals surface area contributed by atoms with Gasteiger partial charge in [-0.3, -0.25) is 4.79 Å². The fourth-order valence-corrected chi connectivity index (χ4v) is 2.02. The summed E-state index contributed by atoms with van der Waals surface area (Å²) in [4.78, 5) is 11.5. The number of carbonyl (C=O) groups excluding carboxylic acids is 1. The van der Waals surface area contributed by atoms with Gasteiger partial charge in [0.1, 0.15) is 0 Å². The molecule has 0 aliphatic rings. The van der Waals surface area contributed by atoms with Crippen molar-refractivity contribution in [3.63, 3.8) is 0 Å². The molecule has 0 aliphatic heterocycles. The standard InChI is InChI=1S/C16H26N2O3/c1-5-21-14-8-6-7-13(16(14)20-4)11-17-10-9-15(19)18-12(2)3/h6-8,12,17H,5,9-11H2,1-4H3,(H,18,19). The molecular weight excluding hydrogens is 268 g/mol. The van der Waals surface area contributed by atoms with E-state index in [0.717, 1.165) is 17.1 Å². The van der Waals surface area contributed by atoms with Gasteiger partial charge in [-0.25, -0.2) is 0 Å². The molecule has 0 radical (unpaired) electrons. The Labute approximate surface area is 127 Å². The third-order valence-corrected chi connectivity index (χ3v) is 2.86. The van der Waals surface area contributed by atoms with Crippen LogP contribution in [0, 0.1) is 0 Å². The summed E-state index contributed by atoms with van der Waals surface area (Å²) in [5.74, 6) is 1.56. The number of benzene rings is 1. The molecule has 0 unspecified atom stereocenters. The SMILES string of the molecule is CCOc1cccc(CNCCC(=O)NC(C)C)c1OC. The zero-order valence-corrected chi connectivity index (χ0v) is 13.4. The normalized spacial score (nSPS) is 10.5. The number of hydrogen-bond donors (Lipinski definition) is 2. The van der Waals surface area contributed by atoms with Gasteiger partial charge in [0.25, 0.3) is 0 Å². The third-order valence-electron chi connectivity index (χ3n) is 2.86. The molecular formula is C16H26N2O3. The van der Waals surface area contributed by atoms with Crippen LogP contribution in [0.25, 0.3) is 0 Å². The highest BCUT2D eigenvalue weighted by Gasteiger charge is 2.09. The van der Waals surface area contributed by atoms with Crippen molar-refractivity contribution < 1.29 is 14.3 Å². The van der Waals surface area contributed by atoms with Gasteiger partial charge in [0.15, 0.2) is 11.5 Å². The average Bonchev–Trinajstić information content (AvgIpc) is 2.43. The summed E-state index contributed by atoms with van der Waals surface area (Å²) in [6, 6.07) is 6.00. The molecule has 0 saturated carbocycles. The van der Waals surface area contributed by atoms with Crippen LogP contribution in [-0.2, 0) is 11.3 Å². The van der Waals surface area contributed by atoms with E-state index >= 15 is 0 Å². The number of nitrogens with one attached hydrogen (secondary N) is 2. The first kappa shape index (κ1) is 17.3. The van der Waals surface area contributed by atoms with Gasteiger partial charge < -0.3 is 20.1 Å². The Bertz CT molecular complexity index is 447. The van der Waals surface area contributed by atoms with Crippen LogP contribution in [-0.4, -0.2) is 32.2 Å². The van der Waals surface area contributed by atoms with Crippen molar-refractivity contribution in [1.29, 1.82) is 0 Å². The monoisotopic (exact) mass is 294 g/mol. The molecule has 0 saturated heterocycles. The summed E-state index contributed by atoms with van der Waals surface area (Å²) in [7, 11) is 1.64. The molecule has 0 aliphatic carbocycles. The van der Waals surface area contributed by atoms with Crippen molar-refractivity contribution >= 4 is 5.91 Å². The van der Waals surface area contributed by atoms with E-state index in [4.69, 9.17) is 9.47 Å². The quantitative estimate of drug-likeness (QED) is 0.685. The summed E-state index contributed by atoms with van der Waals surface area (Å²) >= 11 is 0. The molecule has 0 aromatic heterocycles. The zero-order chi connectivity index (χ0) is 15.7. The van der Waals surface area contributed by atoms with Crippen molar-refractivity contribution in [3.8, 4) is 11.5 Å². The average molecular weight is 294 g/mol. The van der Waals surface area contributed by atoms with Gasteiger partial charge in [-0.1, -0.05) is 12.1 Å². The zero-order valence-electron chi connectivity index (χ0n) is 13.4. The van der Waals surface area contributed by atoms with Crippen LogP contribution < -0.4 is 20.1 Å². The summed E-state index contributed by atoms with van der Waals surface area (Å²) in [6.45, 7) is 7.71. The maximum atomic E-state index is 11.5. The number of methoxy groups -OCH3 is 1. The second-order valence-corrected chi connectivity index (χ2v) is 5.03. The van der Waals surface area contributed by atoms with Crippen LogP contribution in [0.3, 0.4) is 0 Å². The molecule has 1 amide bonds. The molecule has 0 spiro atoms. The predicted octanol–water partition coefficient (Wildman–Crippen LogP) is 2.10. The second kappa shape index (κ2) is 9.23. The highest BCUT2D eigenvalue weighted by Crippen LogP contribution is 2.30. The molecule has 118 valence electrons. The minimum atomic E-state index is 0.0625. The van der Waals surface area contributed by atoms with Gasteiger partial charge in [0, 0.05) is 31.1 Å². The summed E-state index contributed by atoms with van der Waals surface area (Å²) in [5.41, 5.74) is 1.02. The summed E-state index contributed by atoms with van der Waals surface area (Å²) < 4.78 is 11.0. The first-order valence-electron chi connectivity index (χ1n) is 7.37. The molecule has 0 bridgehead atoms. The van der Waals surface area contributed by atoms with Gasteiger partial charge in [0.2, 0.25) is 5.91 Å². The maximum absolute atomic E-state index is 11.5. The Morgan fingerprint density at radius 3 is 2.71 bits per heavy atom. The van der Waals surface area contributed by atoms with E-state index in [-0.39, 0.29) is 11.9 Å². The highest BCUT2D eigenvalue weighted by molar-refractivity contribution is 5.76. The van der Waals surface area contributed by atoms with Crippen molar-refractivity contribution in [2.75, 3.05) is 20.3 Å². The first-order valence-corrected chi connectivity index (χ1v) is 7.37. The smallest absolute Gasteiger partial charge is 0.221 e. The van der Waals surface area contributed by atoms with Crippen LogP contribution >= 0.6 is 0 Å². The lowest BCUT2D eigenvalue weighted by Crippen LogP contribution is -2.32. The van der Waals surface area contributed by atoms with Gasteiger partial charge in [-0.2, -0.15) is 0 Å². The summed E-state index contributed by atoms with van der Waals surface area (Å²) in [6.07, 6.45) is 0.464. The van der Waals surface area contributed by atoms with Crippen molar-refractivity contribution in [3.05, 3.63) is 23.8 Å². The van der Waals surface area contributed by atoms with Crippen LogP contribution in [0.4, 0.5) is 0 Å². The second-order valence-electron chi connectivity index (χ2n) is 5.03. The lowest BCUT2D eigenvalue weighted by atomic mass is 10.2. The fraction of sp³-hybridized carbons (Fsp3) is 0.562. The topological polar surface area (TPSA) is 59.6 Å². The Kier molecular flexibility index (Phi) is 7.61. The van der Waals surface area contributed by atoms with E-state index < -0.39 is 0 Å². The molecule has 2 N–H and O–H groups in total. The van der Waals surface area contributed by atoms with E-state index in [1.54, 1.807) is 7.11 Å². The van der Waals surface area contributed by atoms with Crippen LogP contribution in [0.15, 0.2) is 18.2 Å². The number of hydrogen-bond acceptors (Lipinski definition) is 4. The molecule has 5 nitrogen and oxygen atoms in total. The van der Waals surface area contributed by atoms with E-state index in [2.05, 4.69) is 10.6 Å². The van der Waals surface area contributed by atoms with E-state index in [1.165, 1.54) is 0 Å².